The van der Waals surface area contributed by atoms with Crippen molar-refractivity contribution in [1.82, 2.24) is 0 Å². The minimum absolute atomic E-state index is 0.476. The minimum atomic E-state index is -0.769. The van der Waals surface area contributed by atoms with E-state index in [1.54, 1.807) is 0 Å². The van der Waals surface area contributed by atoms with E-state index < -0.39 is 12.3 Å². The second-order valence-corrected chi connectivity index (χ2v) is 5.48. The second-order valence-electron chi connectivity index (χ2n) is 5.48. The van der Waals surface area contributed by atoms with Crippen LogP contribution in [-0.4, -0.2) is 26.5 Å². The van der Waals surface area contributed by atoms with Crippen LogP contribution >= 0.6 is 0 Å². The molecule has 0 amide bonds. The van der Waals surface area contributed by atoms with Crippen molar-refractivity contribution in [2.45, 2.75) is 25.7 Å². The van der Waals surface area contributed by atoms with Crippen molar-refractivity contribution in [1.29, 1.82) is 0 Å². The van der Waals surface area contributed by atoms with Crippen molar-refractivity contribution in [3.63, 3.8) is 0 Å². The number of carbonyl (C=O) groups excluding carboxylic acids is 2. The molecule has 0 fully saturated rings. The maximum atomic E-state index is 11.7. The molecule has 0 unspecified atom stereocenters. The molecule has 1 aliphatic carbocycles. The van der Waals surface area contributed by atoms with Gasteiger partial charge < -0.3 is 18.9 Å². The van der Waals surface area contributed by atoms with Gasteiger partial charge in [-0.25, -0.2) is 9.59 Å². The normalized spacial score (nSPS) is 13.1. The molecule has 0 atom stereocenters. The van der Waals surface area contributed by atoms with E-state index in [9.17, 15) is 9.59 Å². The third kappa shape index (κ3) is 2.87. The van der Waals surface area contributed by atoms with Crippen molar-refractivity contribution in [2.24, 2.45) is 0 Å². The van der Waals surface area contributed by atoms with Crippen molar-refractivity contribution in [3.8, 4) is 11.5 Å². The molecule has 0 heterocycles. The zero-order valence-corrected chi connectivity index (χ0v) is 13.6. The van der Waals surface area contributed by atoms with Crippen LogP contribution in [0.1, 0.15) is 24.0 Å². The number of rotatable bonds is 2. The first kappa shape index (κ1) is 16.1. The fourth-order valence-corrected chi connectivity index (χ4v) is 3.09. The highest BCUT2D eigenvalue weighted by Gasteiger charge is 2.26. The van der Waals surface area contributed by atoms with Crippen LogP contribution in [0.25, 0.3) is 10.8 Å². The molecule has 0 radical (unpaired) electrons. The van der Waals surface area contributed by atoms with Gasteiger partial charge in [-0.2, -0.15) is 0 Å². The van der Waals surface area contributed by atoms with Gasteiger partial charge in [-0.3, -0.25) is 0 Å². The van der Waals surface area contributed by atoms with Gasteiger partial charge in [0.25, 0.3) is 0 Å². The summed E-state index contributed by atoms with van der Waals surface area (Å²) >= 11 is 0. The van der Waals surface area contributed by atoms with Gasteiger partial charge in [0.05, 0.1) is 14.2 Å². The molecule has 0 aromatic heterocycles. The quantitative estimate of drug-likeness (QED) is 0.612. The number of hydrogen-bond donors (Lipinski definition) is 0. The van der Waals surface area contributed by atoms with Crippen LogP contribution < -0.4 is 9.47 Å². The van der Waals surface area contributed by atoms with Crippen molar-refractivity contribution < 1.29 is 28.5 Å². The fourth-order valence-electron chi connectivity index (χ4n) is 3.09. The summed E-state index contributed by atoms with van der Waals surface area (Å²) in [5.74, 6) is 0.953. The van der Waals surface area contributed by atoms with Gasteiger partial charge in [-0.1, -0.05) is 24.3 Å². The molecule has 6 heteroatoms. The fraction of sp³-hybridized carbons (Fsp3) is 0.333. The molecule has 0 saturated heterocycles. The lowest BCUT2D eigenvalue weighted by Crippen LogP contribution is -2.16. The van der Waals surface area contributed by atoms with Crippen LogP contribution in [0.5, 0.6) is 11.5 Å². The average molecular weight is 330 g/mol. The highest BCUT2D eigenvalue weighted by atomic mass is 16.7. The number of methoxy groups -OCH3 is 2. The molecule has 1 aliphatic rings. The third-order valence-corrected chi connectivity index (χ3v) is 4.14. The standard InChI is InChI=1S/C18H18O6/c1-21-17(19)23-15-11-7-3-5-9-13(11)16(24-18(20)22-2)14-10-6-4-8-12(14)15/h3,5,7,9H,4,6,8,10H2,1-2H3. The molecular formula is C18H18O6. The van der Waals surface area contributed by atoms with E-state index in [2.05, 4.69) is 9.47 Å². The summed E-state index contributed by atoms with van der Waals surface area (Å²) in [5.41, 5.74) is 1.76. The molecule has 3 rings (SSSR count). The van der Waals surface area contributed by atoms with Gasteiger partial charge in [0.1, 0.15) is 11.5 Å². The molecule has 126 valence electrons. The largest absolute Gasteiger partial charge is 0.513 e. The SMILES string of the molecule is COC(=O)Oc1c2c(c(OC(=O)OC)c3ccccc13)CCCC2. The topological polar surface area (TPSA) is 71.1 Å². The summed E-state index contributed by atoms with van der Waals surface area (Å²) in [6.45, 7) is 0. The Labute approximate surface area is 139 Å². The molecular weight excluding hydrogens is 312 g/mol. The summed E-state index contributed by atoms with van der Waals surface area (Å²) in [5, 5.41) is 1.39. The molecule has 0 bridgehead atoms. The highest BCUT2D eigenvalue weighted by Crippen LogP contribution is 2.44. The Morgan fingerprint density at radius 1 is 0.792 bits per heavy atom. The maximum absolute atomic E-state index is 11.7. The van der Waals surface area contributed by atoms with Crippen LogP contribution in [0.4, 0.5) is 9.59 Å². The van der Waals surface area contributed by atoms with Crippen LogP contribution in [0.15, 0.2) is 24.3 Å². The van der Waals surface area contributed by atoms with Gasteiger partial charge in [-0.05, 0) is 25.7 Å². The molecule has 24 heavy (non-hydrogen) atoms. The van der Waals surface area contributed by atoms with E-state index in [0.29, 0.717) is 22.3 Å². The van der Waals surface area contributed by atoms with Crippen LogP contribution in [0.3, 0.4) is 0 Å². The average Bonchev–Trinajstić information content (AvgIpc) is 2.63. The first-order valence-electron chi connectivity index (χ1n) is 7.73. The molecule has 0 aliphatic heterocycles. The Morgan fingerprint density at radius 2 is 1.21 bits per heavy atom. The monoisotopic (exact) mass is 330 g/mol. The zero-order valence-electron chi connectivity index (χ0n) is 13.6. The lowest BCUT2D eigenvalue weighted by atomic mass is 9.87. The summed E-state index contributed by atoms with van der Waals surface area (Å²) in [4.78, 5) is 23.3. The number of ether oxygens (including phenoxy) is 4. The number of benzene rings is 2. The smallest absolute Gasteiger partial charge is 0.437 e. The van der Waals surface area contributed by atoms with Gasteiger partial charge in [0.15, 0.2) is 0 Å². The van der Waals surface area contributed by atoms with Crippen LogP contribution in [0.2, 0.25) is 0 Å². The number of carbonyl (C=O) groups is 2. The zero-order chi connectivity index (χ0) is 17.1. The van der Waals surface area contributed by atoms with Gasteiger partial charge in [0.2, 0.25) is 0 Å². The Balaban J connectivity index is 2.26. The van der Waals surface area contributed by atoms with E-state index in [1.807, 2.05) is 24.3 Å². The Morgan fingerprint density at radius 3 is 1.58 bits per heavy atom. The van der Waals surface area contributed by atoms with Gasteiger partial charge in [0, 0.05) is 21.9 Å². The van der Waals surface area contributed by atoms with E-state index in [4.69, 9.17) is 9.47 Å². The number of fused-ring (bicyclic) bond motifs is 2. The molecule has 6 nitrogen and oxygen atoms in total. The predicted molar refractivity (Wildman–Crippen MR) is 86.7 cm³/mol. The summed E-state index contributed by atoms with van der Waals surface area (Å²) < 4.78 is 20.1. The number of hydrogen-bond acceptors (Lipinski definition) is 6. The lowest BCUT2D eigenvalue weighted by molar-refractivity contribution is 0.119. The molecule has 0 saturated carbocycles. The Hall–Kier alpha value is -2.76. The first-order chi connectivity index (χ1) is 11.7. The molecule has 0 N–H and O–H groups in total. The lowest BCUT2D eigenvalue weighted by Gasteiger charge is -2.23. The van der Waals surface area contributed by atoms with Crippen LogP contribution in [-0.2, 0) is 22.3 Å². The van der Waals surface area contributed by atoms with Crippen molar-refractivity contribution in [2.75, 3.05) is 14.2 Å². The maximum Gasteiger partial charge on any atom is 0.513 e. The Bertz CT molecular complexity index is 729. The van der Waals surface area contributed by atoms with Crippen molar-refractivity contribution >= 4 is 23.1 Å². The third-order valence-electron chi connectivity index (χ3n) is 4.14. The summed E-state index contributed by atoms with van der Waals surface area (Å²) in [6, 6.07) is 7.33. The molecule has 0 spiro atoms. The molecule has 2 aromatic rings. The first-order valence-corrected chi connectivity index (χ1v) is 7.73. The Kier molecular flexibility index (Phi) is 4.55. The van der Waals surface area contributed by atoms with E-state index in [0.717, 1.165) is 36.8 Å². The van der Waals surface area contributed by atoms with Crippen LogP contribution in [0, 0.1) is 0 Å². The minimum Gasteiger partial charge on any atom is -0.437 e. The van der Waals surface area contributed by atoms with E-state index in [1.165, 1.54) is 14.2 Å². The van der Waals surface area contributed by atoms with Crippen molar-refractivity contribution in [3.05, 3.63) is 35.4 Å². The summed E-state index contributed by atoms with van der Waals surface area (Å²) in [7, 11) is 2.54. The van der Waals surface area contributed by atoms with E-state index >= 15 is 0 Å². The van der Waals surface area contributed by atoms with E-state index in [-0.39, 0.29) is 0 Å². The summed E-state index contributed by atoms with van der Waals surface area (Å²) in [6.07, 6.45) is 1.89. The molecule has 2 aromatic carbocycles. The van der Waals surface area contributed by atoms with Gasteiger partial charge >= 0.3 is 12.3 Å². The predicted octanol–water partition coefficient (Wildman–Crippen LogP) is 4.01. The van der Waals surface area contributed by atoms with Gasteiger partial charge in [-0.15, -0.1) is 0 Å². The highest BCUT2D eigenvalue weighted by molar-refractivity contribution is 5.98. The second kappa shape index (κ2) is 6.78.